The number of benzene rings is 1. The Morgan fingerprint density at radius 3 is 2.33 bits per heavy atom. The van der Waals surface area contributed by atoms with Gasteiger partial charge in [0, 0.05) is 24.5 Å². The van der Waals surface area contributed by atoms with Crippen LogP contribution in [0.4, 0.5) is 0 Å². The van der Waals surface area contributed by atoms with Crippen LogP contribution in [-0.2, 0) is 16.6 Å². The van der Waals surface area contributed by atoms with Crippen molar-refractivity contribution < 1.29 is 19.4 Å². The van der Waals surface area contributed by atoms with Gasteiger partial charge in [-0.3, -0.25) is 0 Å². The summed E-state index contributed by atoms with van der Waals surface area (Å²) in [4.78, 5) is 23.4. The van der Waals surface area contributed by atoms with Crippen molar-refractivity contribution in [3.63, 3.8) is 0 Å². The largest absolute Gasteiger partial charge is 0.478 e. The molecule has 2 rings (SSSR count). The summed E-state index contributed by atoms with van der Waals surface area (Å²) >= 11 is 0. The lowest BCUT2D eigenvalue weighted by atomic mass is 9.98. The fourth-order valence-electron chi connectivity index (χ4n) is 2.03. The van der Waals surface area contributed by atoms with E-state index in [2.05, 4.69) is 0 Å². The molecule has 1 N–H and O–H groups in total. The summed E-state index contributed by atoms with van der Waals surface area (Å²) in [6, 6.07) is 10.0. The topological polar surface area (TPSA) is 68.5 Å². The molecule has 0 unspecified atom stereocenters. The Morgan fingerprint density at radius 1 is 1.14 bits per heavy atom. The Balaban J connectivity index is 2.63. The molecule has 0 atom stereocenters. The summed E-state index contributed by atoms with van der Waals surface area (Å²) in [5, 5.41) is 9.27. The Hall–Kier alpha value is -2.82. The first-order valence-electron chi connectivity index (χ1n) is 6.28. The van der Waals surface area contributed by atoms with Crippen LogP contribution in [0.15, 0.2) is 42.6 Å². The third-order valence-electron chi connectivity index (χ3n) is 3.13. The van der Waals surface area contributed by atoms with Crippen molar-refractivity contribution in [3.8, 4) is 0 Å². The molecule has 108 valence electrons. The van der Waals surface area contributed by atoms with Gasteiger partial charge in [0.15, 0.2) is 0 Å². The molecule has 0 saturated heterocycles. The predicted octanol–water partition coefficient (Wildman–Crippen LogP) is 2.44. The standard InChI is InChI=1S/C16H15NO4/c1-17-9-5-6-11(17)10-14(16(20)21-2)12-7-3-4-8-13(12)15(18)19/h3-10H,1-2H3,(H,18,19)/b14-10-. The van der Waals surface area contributed by atoms with Crippen LogP contribution in [0.25, 0.3) is 11.6 Å². The number of aromatic carboxylic acids is 1. The van der Waals surface area contributed by atoms with E-state index in [0.717, 1.165) is 5.69 Å². The number of hydrogen-bond donors (Lipinski definition) is 1. The van der Waals surface area contributed by atoms with Gasteiger partial charge in [0.1, 0.15) is 0 Å². The molecule has 0 aliphatic heterocycles. The van der Waals surface area contributed by atoms with Crippen molar-refractivity contribution in [2.24, 2.45) is 7.05 Å². The third-order valence-corrected chi connectivity index (χ3v) is 3.13. The lowest BCUT2D eigenvalue weighted by molar-refractivity contribution is -0.133. The van der Waals surface area contributed by atoms with Crippen molar-refractivity contribution >= 4 is 23.6 Å². The second kappa shape index (κ2) is 6.09. The van der Waals surface area contributed by atoms with E-state index in [0.29, 0.717) is 5.56 Å². The van der Waals surface area contributed by atoms with Crippen molar-refractivity contribution in [1.82, 2.24) is 4.57 Å². The van der Waals surface area contributed by atoms with Crippen LogP contribution in [0.5, 0.6) is 0 Å². The zero-order chi connectivity index (χ0) is 15.4. The number of carbonyl (C=O) groups is 2. The number of aryl methyl sites for hydroxylation is 1. The summed E-state index contributed by atoms with van der Waals surface area (Å²) in [6.45, 7) is 0. The van der Waals surface area contributed by atoms with Gasteiger partial charge in [-0.15, -0.1) is 0 Å². The van der Waals surface area contributed by atoms with Crippen LogP contribution in [-0.4, -0.2) is 28.7 Å². The average molecular weight is 285 g/mol. The van der Waals surface area contributed by atoms with E-state index < -0.39 is 11.9 Å². The number of methoxy groups -OCH3 is 1. The molecule has 21 heavy (non-hydrogen) atoms. The number of rotatable bonds is 4. The predicted molar refractivity (Wildman–Crippen MR) is 78.7 cm³/mol. The average Bonchev–Trinajstić information content (AvgIpc) is 2.89. The molecule has 0 fully saturated rings. The van der Waals surface area contributed by atoms with Gasteiger partial charge in [-0.05, 0) is 24.3 Å². The molecule has 0 amide bonds. The molecule has 0 aliphatic rings. The van der Waals surface area contributed by atoms with Crippen LogP contribution in [0.1, 0.15) is 21.6 Å². The van der Waals surface area contributed by atoms with Crippen molar-refractivity contribution in [3.05, 3.63) is 59.4 Å². The van der Waals surface area contributed by atoms with Crippen LogP contribution >= 0.6 is 0 Å². The number of carboxylic acids is 1. The Bertz CT molecular complexity index is 713. The van der Waals surface area contributed by atoms with Gasteiger partial charge in [-0.2, -0.15) is 0 Å². The molecule has 1 aromatic heterocycles. The summed E-state index contributed by atoms with van der Waals surface area (Å²) in [7, 11) is 3.11. The minimum absolute atomic E-state index is 0.0587. The molecule has 1 heterocycles. The minimum Gasteiger partial charge on any atom is -0.478 e. The van der Waals surface area contributed by atoms with Gasteiger partial charge in [0.25, 0.3) is 0 Å². The molecule has 0 spiro atoms. The molecule has 2 aromatic rings. The Labute approximate surface area is 122 Å². The third kappa shape index (κ3) is 3.02. The number of carbonyl (C=O) groups excluding carboxylic acids is 1. The first kappa shape index (κ1) is 14.6. The highest BCUT2D eigenvalue weighted by Gasteiger charge is 2.19. The highest BCUT2D eigenvalue weighted by Crippen LogP contribution is 2.23. The Morgan fingerprint density at radius 2 is 1.81 bits per heavy atom. The van der Waals surface area contributed by atoms with Gasteiger partial charge >= 0.3 is 11.9 Å². The summed E-state index contributed by atoms with van der Waals surface area (Å²) in [6.07, 6.45) is 3.46. The fourth-order valence-corrected chi connectivity index (χ4v) is 2.03. The first-order chi connectivity index (χ1) is 10.0. The molecule has 0 aliphatic carbocycles. The molecular formula is C16H15NO4. The lowest BCUT2D eigenvalue weighted by Gasteiger charge is -2.09. The quantitative estimate of drug-likeness (QED) is 0.692. The maximum Gasteiger partial charge on any atom is 0.338 e. The van der Waals surface area contributed by atoms with Crippen LogP contribution in [0.2, 0.25) is 0 Å². The van der Waals surface area contributed by atoms with E-state index >= 15 is 0 Å². The Kier molecular flexibility index (Phi) is 4.23. The normalized spacial score (nSPS) is 11.2. The minimum atomic E-state index is -1.09. The molecule has 5 nitrogen and oxygen atoms in total. The van der Waals surface area contributed by atoms with E-state index in [9.17, 15) is 14.7 Å². The molecule has 5 heteroatoms. The van der Waals surface area contributed by atoms with E-state index in [-0.39, 0.29) is 11.1 Å². The van der Waals surface area contributed by atoms with Gasteiger partial charge in [0.2, 0.25) is 0 Å². The lowest BCUT2D eigenvalue weighted by Crippen LogP contribution is -2.09. The van der Waals surface area contributed by atoms with Crippen LogP contribution in [0.3, 0.4) is 0 Å². The second-order valence-electron chi connectivity index (χ2n) is 4.44. The smallest absolute Gasteiger partial charge is 0.338 e. The second-order valence-corrected chi connectivity index (χ2v) is 4.44. The van der Waals surface area contributed by atoms with E-state index in [4.69, 9.17) is 4.74 Å². The maximum atomic E-state index is 12.0. The molecule has 0 saturated carbocycles. The highest BCUT2D eigenvalue weighted by atomic mass is 16.5. The molecule has 1 aromatic carbocycles. The first-order valence-corrected chi connectivity index (χ1v) is 6.28. The number of hydrogen-bond acceptors (Lipinski definition) is 3. The van der Waals surface area contributed by atoms with Gasteiger partial charge in [-0.25, -0.2) is 9.59 Å². The van der Waals surface area contributed by atoms with Crippen LogP contribution < -0.4 is 0 Å². The van der Waals surface area contributed by atoms with Gasteiger partial charge in [0.05, 0.1) is 18.2 Å². The summed E-state index contributed by atoms with van der Waals surface area (Å²) in [5.41, 5.74) is 1.37. The molecule has 0 bridgehead atoms. The van der Waals surface area contributed by atoms with Crippen molar-refractivity contribution in [2.75, 3.05) is 7.11 Å². The highest BCUT2D eigenvalue weighted by molar-refractivity contribution is 6.23. The van der Waals surface area contributed by atoms with E-state index in [1.807, 2.05) is 29.9 Å². The number of carboxylic acid groups (broad SMARTS) is 1. The van der Waals surface area contributed by atoms with Crippen LogP contribution in [0, 0.1) is 0 Å². The van der Waals surface area contributed by atoms with Crippen molar-refractivity contribution in [2.45, 2.75) is 0 Å². The van der Waals surface area contributed by atoms with Gasteiger partial charge in [-0.1, -0.05) is 18.2 Å². The maximum absolute atomic E-state index is 12.0. The fraction of sp³-hybridized carbons (Fsp3) is 0.125. The summed E-state index contributed by atoms with van der Waals surface area (Å²) in [5.74, 6) is -1.67. The zero-order valence-corrected chi connectivity index (χ0v) is 11.7. The molecule has 0 radical (unpaired) electrons. The van der Waals surface area contributed by atoms with Gasteiger partial charge < -0.3 is 14.4 Å². The number of esters is 1. The van der Waals surface area contributed by atoms with Crippen molar-refractivity contribution in [1.29, 1.82) is 0 Å². The summed E-state index contributed by atoms with van der Waals surface area (Å²) < 4.78 is 6.61. The zero-order valence-electron chi connectivity index (χ0n) is 11.7. The number of nitrogens with zero attached hydrogens (tertiary/aromatic N) is 1. The van der Waals surface area contributed by atoms with E-state index in [1.54, 1.807) is 24.3 Å². The van der Waals surface area contributed by atoms with E-state index in [1.165, 1.54) is 13.2 Å². The molecular weight excluding hydrogens is 270 g/mol. The monoisotopic (exact) mass is 285 g/mol. The number of ether oxygens (including phenoxy) is 1. The number of aromatic nitrogens is 1. The SMILES string of the molecule is COC(=O)/C(=C\c1cccn1C)c1ccccc1C(=O)O.